The number of amides is 1. The Morgan fingerprint density at radius 1 is 1.16 bits per heavy atom. The number of hydrogen-bond donors (Lipinski definition) is 0. The molecule has 0 unspecified atom stereocenters. The van der Waals surface area contributed by atoms with E-state index in [1.54, 1.807) is 0 Å². The Balaban J connectivity index is 1.63. The predicted octanol–water partition coefficient (Wildman–Crippen LogP) is 2.19. The van der Waals surface area contributed by atoms with Gasteiger partial charge in [0.2, 0.25) is 0 Å². The number of ether oxygens (including phenoxy) is 1. The van der Waals surface area contributed by atoms with Crippen molar-refractivity contribution < 1.29 is 9.53 Å². The lowest BCUT2D eigenvalue weighted by atomic mass is 9.99. The van der Waals surface area contributed by atoms with E-state index >= 15 is 0 Å². The van der Waals surface area contributed by atoms with E-state index < -0.39 is 0 Å². The summed E-state index contributed by atoms with van der Waals surface area (Å²) in [5.74, 6) is 1.29. The molecule has 1 fully saturated rings. The van der Waals surface area contributed by atoms with Crippen molar-refractivity contribution in [3.05, 3.63) is 58.5 Å². The number of rotatable bonds is 5. The summed E-state index contributed by atoms with van der Waals surface area (Å²) >= 11 is 0. The highest BCUT2D eigenvalue weighted by Crippen LogP contribution is 2.17. The van der Waals surface area contributed by atoms with Crippen LogP contribution in [-0.4, -0.2) is 40.3 Å². The van der Waals surface area contributed by atoms with Crippen molar-refractivity contribution in [2.45, 2.75) is 26.3 Å². The molecule has 132 valence electrons. The zero-order valence-corrected chi connectivity index (χ0v) is 14.4. The van der Waals surface area contributed by atoms with Gasteiger partial charge >= 0.3 is 0 Å². The summed E-state index contributed by atoms with van der Waals surface area (Å²) in [7, 11) is 0. The van der Waals surface area contributed by atoms with Crippen LogP contribution in [0.2, 0.25) is 0 Å². The molecular weight excluding hydrogens is 318 g/mol. The molecule has 6 heteroatoms. The zero-order chi connectivity index (χ0) is 17.6. The Morgan fingerprint density at radius 3 is 2.60 bits per heavy atom. The quantitative estimate of drug-likeness (QED) is 0.836. The van der Waals surface area contributed by atoms with Crippen molar-refractivity contribution in [2.75, 3.05) is 19.7 Å². The van der Waals surface area contributed by atoms with Gasteiger partial charge in [-0.15, -0.1) is 0 Å². The van der Waals surface area contributed by atoms with Gasteiger partial charge in [0.25, 0.3) is 11.5 Å². The van der Waals surface area contributed by atoms with Gasteiger partial charge in [0.05, 0.1) is 6.54 Å². The molecule has 6 nitrogen and oxygen atoms in total. The maximum Gasteiger partial charge on any atom is 0.274 e. The molecule has 1 amide bonds. The first-order valence-electron chi connectivity index (χ1n) is 8.69. The van der Waals surface area contributed by atoms with Gasteiger partial charge in [-0.05, 0) is 37.0 Å². The minimum absolute atomic E-state index is 0.107. The number of piperidine rings is 1. The molecule has 0 atom stereocenters. The number of carbonyl (C=O) groups is 1. The molecule has 1 aliphatic rings. The van der Waals surface area contributed by atoms with Crippen LogP contribution in [0, 0.1) is 5.92 Å². The zero-order valence-electron chi connectivity index (χ0n) is 14.4. The van der Waals surface area contributed by atoms with Gasteiger partial charge in [-0.3, -0.25) is 9.59 Å². The average molecular weight is 341 g/mol. The average Bonchev–Trinajstić information content (AvgIpc) is 2.64. The second-order valence-corrected chi connectivity index (χ2v) is 6.42. The predicted molar refractivity (Wildman–Crippen MR) is 94.7 cm³/mol. The highest BCUT2D eigenvalue weighted by Gasteiger charge is 2.22. The molecule has 1 aromatic carbocycles. The van der Waals surface area contributed by atoms with E-state index in [-0.39, 0.29) is 11.5 Å². The third kappa shape index (κ3) is 4.47. The molecule has 0 saturated carbocycles. The third-order valence-electron chi connectivity index (χ3n) is 4.47. The molecule has 25 heavy (non-hydrogen) atoms. The Labute approximate surface area is 147 Å². The molecule has 0 radical (unpaired) electrons. The van der Waals surface area contributed by atoms with Crippen molar-refractivity contribution in [1.82, 2.24) is 14.7 Å². The van der Waals surface area contributed by atoms with Crippen LogP contribution >= 0.6 is 0 Å². The summed E-state index contributed by atoms with van der Waals surface area (Å²) in [4.78, 5) is 26.4. The van der Waals surface area contributed by atoms with Crippen molar-refractivity contribution in [2.24, 2.45) is 5.92 Å². The Morgan fingerprint density at radius 2 is 1.88 bits per heavy atom. The topological polar surface area (TPSA) is 64.4 Å². The lowest BCUT2D eigenvalue weighted by Crippen LogP contribution is -2.39. The molecule has 3 rings (SSSR count). The van der Waals surface area contributed by atoms with Gasteiger partial charge in [-0.1, -0.05) is 25.1 Å². The molecule has 0 spiro atoms. The highest BCUT2D eigenvalue weighted by molar-refractivity contribution is 5.92. The maximum absolute atomic E-state index is 12.6. The van der Waals surface area contributed by atoms with E-state index in [0.717, 1.165) is 31.7 Å². The molecular formula is C19H23N3O3. The number of carbonyl (C=O) groups excluding carboxylic acids is 1. The minimum Gasteiger partial charge on any atom is -0.492 e. The monoisotopic (exact) mass is 341 g/mol. The van der Waals surface area contributed by atoms with Gasteiger partial charge in [0.1, 0.15) is 18.1 Å². The second-order valence-electron chi connectivity index (χ2n) is 6.42. The Bertz CT molecular complexity index is 765. The summed E-state index contributed by atoms with van der Waals surface area (Å²) in [5.41, 5.74) is 0.0781. The van der Waals surface area contributed by atoms with Crippen LogP contribution in [0.15, 0.2) is 47.3 Å². The van der Waals surface area contributed by atoms with E-state index in [0.29, 0.717) is 24.8 Å². The molecule has 2 heterocycles. The number of nitrogens with zero attached hydrogens (tertiary/aromatic N) is 3. The van der Waals surface area contributed by atoms with Gasteiger partial charge < -0.3 is 9.64 Å². The number of para-hydroxylation sites is 1. The standard InChI is InChI=1S/C19H23N3O3/c1-15-9-11-21(12-10-15)19(24)17-7-8-18(23)22(20-17)13-14-25-16-5-3-2-4-6-16/h2-8,15H,9-14H2,1H3. The smallest absolute Gasteiger partial charge is 0.274 e. The van der Waals surface area contributed by atoms with Crippen LogP contribution in [0.5, 0.6) is 5.75 Å². The Kier molecular flexibility index (Phi) is 5.48. The normalized spacial score (nSPS) is 15.2. The van der Waals surface area contributed by atoms with Crippen LogP contribution < -0.4 is 10.3 Å². The first kappa shape index (κ1) is 17.2. The van der Waals surface area contributed by atoms with Crippen molar-refractivity contribution in [3.8, 4) is 5.75 Å². The first-order chi connectivity index (χ1) is 12.1. The van der Waals surface area contributed by atoms with Crippen LogP contribution in [0.4, 0.5) is 0 Å². The van der Waals surface area contributed by atoms with E-state index in [2.05, 4.69) is 12.0 Å². The summed E-state index contributed by atoms with van der Waals surface area (Å²) in [6.45, 7) is 4.31. The SMILES string of the molecule is CC1CCN(C(=O)c2ccc(=O)n(CCOc3ccccc3)n2)CC1. The van der Waals surface area contributed by atoms with Crippen molar-refractivity contribution >= 4 is 5.91 Å². The molecule has 1 aliphatic heterocycles. The first-order valence-corrected chi connectivity index (χ1v) is 8.69. The summed E-state index contributed by atoms with van der Waals surface area (Å²) in [5, 5.41) is 4.23. The Hall–Kier alpha value is -2.63. The van der Waals surface area contributed by atoms with Gasteiger partial charge in [-0.25, -0.2) is 4.68 Å². The van der Waals surface area contributed by atoms with Crippen LogP contribution in [0.1, 0.15) is 30.3 Å². The van der Waals surface area contributed by atoms with E-state index in [9.17, 15) is 9.59 Å². The van der Waals surface area contributed by atoms with Crippen LogP contribution in [-0.2, 0) is 6.54 Å². The molecule has 0 N–H and O–H groups in total. The van der Waals surface area contributed by atoms with Crippen molar-refractivity contribution in [1.29, 1.82) is 0 Å². The fourth-order valence-electron chi connectivity index (χ4n) is 2.86. The number of aromatic nitrogens is 2. The number of likely N-dealkylation sites (tertiary alicyclic amines) is 1. The lowest BCUT2D eigenvalue weighted by Gasteiger charge is -2.30. The maximum atomic E-state index is 12.6. The van der Waals surface area contributed by atoms with E-state index in [4.69, 9.17) is 4.74 Å². The molecule has 0 aliphatic carbocycles. The summed E-state index contributed by atoms with van der Waals surface area (Å²) in [6.07, 6.45) is 2.02. The minimum atomic E-state index is -0.236. The fraction of sp³-hybridized carbons (Fsp3) is 0.421. The fourth-order valence-corrected chi connectivity index (χ4v) is 2.86. The van der Waals surface area contributed by atoms with Gasteiger partial charge in [-0.2, -0.15) is 5.10 Å². The lowest BCUT2D eigenvalue weighted by molar-refractivity contribution is 0.0688. The largest absolute Gasteiger partial charge is 0.492 e. The van der Waals surface area contributed by atoms with Gasteiger partial charge in [0, 0.05) is 19.2 Å². The molecule has 0 bridgehead atoms. The van der Waals surface area contributed by atoms with Crippen molar-refractivity contribution in [3.63, 3.8) is 0 Å². The number of benzene rings is 1. The number of hydrogen-bond acceptors (Lipinski definition) is 4. The van der Waals surface area contributed by atoms with E-state index in [1.165, 1.54) is 16.8 Å². The van der Waals surface area contributed by atoms with Crippen LogP contribution in [0.25, 0.3) is 0 Å². The summed E-state index contributed by atoms with van der Waals surface area (Å²) < 4.78 is 6.89. The molecule has 2 aromatic rings. The highest BCUT2D eigenvalue weighted by atomic mass is 16.5. The molecule has 1 saturated heterocycles. The summed E-state index contributed by atoms with van der Waals surface area (Å²) in [6, 6.07) is 12.3. The van der Waals surface area contributed by atoms with E-state index in [1.807, 2.05) is 35.2 Å². The van der Waals surface area contributed by atoms with Gasteiger partial charge in [0.15, 0.2) is 0 Å². The molecule has 1 aromatic heterocycles. The third-order valence-corrected chi connectivity index (χ3v) is 4.47. The van der Waals surface area contributed by atoms with Crippen LogP contribution in [0.3, 0.4) is 0 Å². The second kappa shape index (κ2) is 7.96.